The van der Waals surface area contributed by atoms with E-state index in [4.69, 9.17) is 4.74 Å². The van der Waals surface area contributed by atoms with Crippen LogP contribution in [0.2, 0.25) is 0 Å². The van der Waals surface area contributed by atoms with Crippen LogP contribution in [0.4, 0.5) is 0 Å². The van der Waals surface area contributed by atoms with Crippen LogP contribution >= 0.6 is 0 Å². The molecule has 0 saturated carbocycles. The van der Waals surface area contributed by atoms with E-state index < -0.39 is 0 Å². The first kappa shape index (κ1) is 11.9. The van der Waals surface area contributed by atoms with Gasteiger partial charge in [0.25, 0.3) is 0 Å². The number of likely N-dealkylation sites (tertiary alicyclic amines) is 1. The fraction of sp³-hybridized carbons (Fsp3) is 0.917. The maximum atomic E-state index is 12.0. The van der Waals surface area contributed by atoms with Crippen molar-refractivity contribution in [2.75, 3.05) is 19.6 Å². The molecule has 2 atom stereocenters. The van der Waals surface area contributed by atoms with Crippen molar-refractivity contribution >= 4 is 5.91 Å². The van der Waals surface area contributed by atoms with Gasteiger partial charge in [-0.15, -0.1) is 0 Å². The molecule has 92 valence electrons. The lowest BCUT2D eigenvalue weighted by Crippen LogP contribution is -2.50. The maximum absolute atomic E-state index is 12.0. The number of amides is 1. The monoisotopic (exact) mass is 226 g/mol. The summed E-state index contributed by atoms with van der Waals surface area (Å²) in [6.45, 7) is 8.21. The Kier molecular flexibility index (Phi) is 3.22. The second-order valence-electron chi connectivity index (χ2n) is 5.86. The highest BCUT2D eigenvalue weighted by atomic mass is 16.5. The average molecular weight is 226 g/mol. The SMILES string of the molecule is CC(C)(C)NCC(=O)N1CC2CCC(C1)O2. The van der Waals surface area contributed by atoms with Crippen molar-refractivity contribution in [1.29, 1.82) is 0 Å². The van der Waals surface area contributed by atoms with E-state index >= 15 is 0 Å². The molecule has 2 unspecified atom stereocenters. The third-order valence-corrected chi connectivity index (χ3v) is 3.17. The molecule has 0 aromatic carbocycles. The molecule has 16 heavy (non-hydrogen) atoms. The number of morpholine rings is 1. The highest BCUT2D eigenvalue weighted by Crippen LogP contribution is 2.26. The minimum atomic E-state index is 0.000922. The van der Waals surface area contributed by atoms with Crippen molar-refractivity contribution in [2.45, 2.75) is 51.4 Å². The van der Waals surface area contributed by atoms with Gasteiger partial charge in [0.1, 0.15) is 0 Å². The van der Waals surface area contributed by atoms with Gasteiger partial charge in [-0.2, -0.15) is 0 Å². The Labute approximate surface area is 97.3 Å². The molecule has 0 spiro atoms. The van der Waals surface area contributed by atoms with Crippen LogP contribution in [0.3, 0.4) is 0 Å². The third kappa shape index (κ3) is 2.95. The summed E-state index contributed by atoms with van der Waals surface area (Å²) in [6.07, 6.45) is 2.80. The molecule has 2 heterocycles. The molecule has 2 fully saturated rings. The molecular weight excluding hydrogens is 204 g/mol. The predicted octanol–water partition coefficient (Wildman–Crippen LogP) is 0.764. The zero-order valence-electron chi connectivity index (χ0n) is 10.5. The summed E-state index contributed by atoms with van der Waals surface area (Å²) >= 11 is 0. The summed E-state index contributed by atoms with van der Waals surface area (Å²) in [5, 5.41) is 3.24. The molecule has 0 aromatic rings. The van der Waals surface area contributed by atoms with E-state index in [9.17, 15) is 4.79 Å². The molecule has 0 aliphatic carbocycles. The van der Waals surface area contributed by atoms with Crippen molar-refractivity contribution in [3.05, 3.63) is 0 Å². The first-order valence-electron chi connectivity index (χ1n) is 6.12. The van der Waals surface area contributed by atoms with E-state index in [0.29, 0.717) is 6.54 Å². The van der Waals surface area contributed by atoms with Gasteiger partial charge < -0.3 is 15.0 Å². The smallest absolute Gasteiger partial charge is 0.236 e. The fourth-order valence-corrected chi connectivity index (χ4v) is 2.27. The Morgan fingerprint density at radius 1 is 1.31 bits per heavy atom. The standard InChI is InChI=1S/C12H22N2O2/c1-12(2,3)13-6-11(15)14-7-9-4-5-10(8-14)16-9/h9-10,13H,4-8H2,1-3H3. The molecule has 2 saturated heterocycles. The summed E-state index contributed by atoms with van der Waals surface area (Å²) in [7, 11) is 0. The topological polar surface area (TPSA) is 41.6 Å². The van der Waals surface area contributed by atoms with Gasteiger partial charge in [-0.3, -0.25) is 4.79 Å². The Morgan fingerprint density at radius 2 is 1.88 bits per heavy atom. The largest absolute Gasteiger partial charge is 0.371 e. The summed E-state index contributed by atoms with van der Waals surface area (Å²) in [4.78, 5) is 13.9. The van der Waals surface area contributed by atoms with Gasteiger partial charge in [0, 0.05) is 18.6 Å². The van der Waals surface area contributed by atoms with Crippen LogP contribution in [-0.2, 0) is 9.53 Å². The second-order valence-corrected chi connectivity index (χ2v) is 5.86. The zero-order chi connectivity index (χ0) is 11.8. The van der Waals surface area contributed by atoms with E-state index in [1.807, 2.05) is 4.90 Å². The summed E-state index contributed by atoms with van der Waals surface area (Å²) in [6, 6.07) is 0. The molecule has 2 bridgehead atoms. The number of hydrogen-bond acceptors (Lipinski definition) is 3. The number of hydrogen-bond donors (Lipinski definition) is 1. The highest BCUT2D eigenvalue weighted by molar-refractivity contribution is 5.78. The highest BCUT2D eigenvalue weighted by Gasteiger charge is 2.35. The Hall–Kier alpha value is -0.610. The van der Waals surface area contributed by atoms with Crippen LogP contribution in [0, 0.1) is 0 Å². The molecule has 2 aliphatic rings. The van der Waals surface area contributed by atoms with E-state index in [1.54, 1.807) is 0 Å². The van der Waals surface area contributed by atoms with Crippen LogP contribution in [0.25, 0.3) is 0 Å². The second kappa shape index (κ2) is 4.34. The molecule has 2 aliphatic heterocycles. The van der Waals surface area contributed by atoms with Crippen LogP contribution < -0.4 is 5.32 Å². The number of nitrogens with one attached hydrogen (secondary N) is 1. The summed E-state index contributed by atoms with van der Waals surface area (Å²) in [5.74, 6) is 0.204. The minimum absolute atomic E-state index is 0.000922. The Bertz CT molecular complexity index is 261. The van der Waals surface area contributed by atoms with Crippen molar-refractivity contribution in [1.82, 2.24) is 10.2 Å². The number of rotatable bonds is 2. The van der Waals surface area contributed by atoms with E-state index in [-0.39, 0.29) is 23.7 Å². The van der Waals surface area contributed by atoms with Gasteiger partial charge >= 0.3 is 0 Å². The average Bonchev–Trinajstić information content (AvgIpc) is 2.53. The number of fused-ring (bicyclic) bond motifs is 2. The van der Waals surface area contributed by atoms with Gasteiger partial charge in [0.05, 0.1) is 18.8 Å². The van der Waals surface area contributed by atoms with Crippen molar-refractivity contribution in [3.63, 3.8) is 0 Å². The van der Waals surface area contributed by atoms with Gasteiger partial charge in [-0.05, 0) is 33.6 Å². The number of carbonyl (C=O) groups excluding carboxylic acids is 1. The fourth-order valence-electron chi connectivity index (χ4n) is 2.27. The molecule has 4 heteroatoms. The molecule has 0 radical (unpaired) electrons. The van der Waals surface area contributed by atoms with Gasteiger partial charge in [-0.1, -0.05) is 0 Å². The predicted molar refractivity (Wildman–Crippen MR) is 62.2 cm³/mol. The van der Waals surface area contributed by atoms with E-state index in [0.717, 1.165) is 25.9 Å². The van der Waals surface area contributed by atoms with Crippen LogP contribution in [-0.4, -0.2) is 48.2 Å². The first-order chi connectivity index (χ1) is 7.44. The normalized spacial score (nSPS) is 29.6. The molecule has 1 amide bonds. The van der Waals surface area contributed by atoms with Crippen molar-refractivity contribution < 1.29 is 9.53 Å². The van der Waals surface area contributed by atoms with Crippen molar-refractivity contribution in [3.8, 4) is 0 Å². The number of ether oxygens (including phenoxy) is 1. The Balaban J connectivity index is 1.81. The minimum Gasteiger partial charge on any atom is -0.371 e. The van der Waals surface area contributed by atoms with Gasteiger partial charge in [0.2, 0.25) is 5.91 Å². The van der Waals surface area contributed by atoms with Crippen LogP contribution in [0.5, 0.6) is 0 Å². The van der Waals surface area contributed by atoms with Gasteiger partial charge in [-0.25, -0.2) is 0 Å². The Morgan fingerprint density at radius 3 is 2.38 bits per heavy atom. The quantitative estimate of drug-likeness (QED) is 0.756. The molecular formula is C12H22N2O2. The molecule has 4 nitrogen and oxygen atoms in total. The molecule has 0 aromatic heterocycles. The van der Waals surface area contributed by atoms with Gasteiger partial charge in [0.15, 0.2) is 0 Å². The lowest BCUT2D eigenvalue weighted by molar-refractivity contribution is -0.139. The lowest BCUT2D eigenvalue weighted by atomic mass is 10.1. The van der Waals surface area contributed by atoms with E-state index in [1.165, 1.54) is 0 Å². The number of carbonyl (C=O) groups is 1. The maximum Gasteiger partial charge on any atom is 0.236 e. The first-order valence-corrected chi connectivity index (χ1v) is 6.12. The zero-order valence-corrected chi connectivity index (χ0v) is 10.5. The van der Waals surface area contributed by atoms with Crippen molar-refractivity contribution in [2.24, 2.45) is 0 Å². The van der Waals surface area contributed by atoms with Crippen LogP contribution in [0.15, 0.2) is 0 Å². The number of nitrogens with zero attached hydrogens (tertiary/aromatic N) is 1. The van der Waals surface area contributed by atoms with Crippen LogP contribution in [0.1, 0.15) is 33.6 Å². The summed E-state index contributed by atoms with van der Waals surface area (Å²) in [5.41, 5.74) is 0.000922. The molecule has 1 N–H and O–H groups in total. The van der Waals surface area contributed by atoms with E-state index in [2.05, 4.69) is 26.1 Å². The summed E-state index contributed by atoms with van der Waals surface area (Å²) < 4.78 is 5.71. The molecule has 2 rings (SSSR count). The third-order valence-electron chi connectivity index (χ3n) is 3.17. The lowest BCUT2D eigenvalue weighted by Gasteiger charge is -2.33.